The standard InChI is InChI=1S/C23H20ClFN6O2/c1-30-20-16-8-13(5-7-19(16)28-21(26)17(20)10-27-30)23(33)31(29-22(32)12-2-3-12)11-14-4-6-15(24)9-18(14)25/h4-10,12H,2-3,11H2,1H3,(H2,26,28)(H,29,32). The minimum atomic E-state index is -0.559. The number of aryl methyl sites for hydroxylation is 1. The number of nitrogens with zero attached hydrogens (tertiary/aromatic N) is 4. The van der Waals surface area contributed by atoms with Crippen molar-refractivity contribution < 1.29 is 14.0 Å². The van der Waals surface area contributed by atoms with E-state index in [2.05, 4.69) is 15.5 Å². The molecular weight excluding hydrogens is 447 g/mol. The van der Waals surface area contributed by atoms with Crippen LogP contribution in [0, 0.1) is 11.7 Å². The molecule has 0 aliphatic heterocycles. The number of aromatic nitrogens is 3. The van der Waals surface area contributed by atoms with Gasteiger partial charge in [-0.15, -0.1) is 0 Å². The fourth-order valence-electron chi connectivity index (χ4n) is 3.80. The quantitative estimate of drug-likeness (QED) is 0.447. The first-order valence-corrected chi connectivity index (χ1v) is 10.8. The Labute approximate surface area is 193 Å². The summed E-state index contributed by atoms with van der Waals surface area (Å²) in [5.41, 5.74) is 10.6. The molecule has 0 unspecified atom stereocenters. The van der Waals surface area contributed by atoms with Crippen molar-refractivity contribution >= 4 is 51.0 Å². The molecule has 10 heteroatoms. The van der Waals surface area contributed by atoms with Gasteiger partial charge in [0.1, 0.15) is 11.6 Å². The number of pyridine rings is 1. The summed E-state index contributed by atoms with van der Waals surface area (Å²) in [6.45, 7) is -0.153. The number of fused-ring (bicyclic) bond motifs is 3. The van der Waals surface area contributed by atoms with Gasteiger partial charge in [-0.05, 0) is 43.2 Å². The molecule has 5 rings (SSSR count). The van der Waals surface area contributed by atoms with Crippen LogP contribution in [0.3, 0.4) is 0 Å². The number of halogens is 2. The van der Waals surface area contributed by atoms with Gasteiger partial charge in [0.15, 0.2) is 0 Å². The van der Waals surface area contributed by atoms with Crippen LogP contribution in [0.25, 0.3) is 21.8 Å². The number of carbonyl (C=O) groups excluding carboxylic acids is 2. The Morgan fingerprint density at radius 1 is 1.24 bits per heavy atom. The molecular formula is C23H20ClFN6O2. The van der Waals surface area contributed by atoms with E-state index < -0.39 is 11.7 Å². The van der Waals surface area contributed by atoms with Gasteiger partial charge in [0.05, 0.1) is 29.2 Å². The molecule has 0 saturated heterocycles. The number of rotatable bonds is 4. The molecule has 3 N–H and O–H groups in total. The number of benzene rings is 2. The van der Waals surface area contributed by atoms with Gasteiger partial charge in [-0.2, -0.15) is 5.10 Å². The van der Waals surface area contributed by atoms with Crippen molar-refractivity contribution in [3.05, 3.63) is 64.6 Å². The normalized spacial score (nSPS) is 13.4. The fraction of sp³-hybridized carbons (Fsp3) is 0.217. The molecule has 1 fully saturated rings. The monoisotopic (exact) mass is 466 g/mol. The first-order valence-electron chi connectivity index (χ1n) is 10.4. The number of carbonyl (C=O) groups is 2. The zero-order chi connectivity index (χ0) is 23.3. The van der Waals surface area contributed by atoms with Crippen LogP contribution >= 0.6 is 11.6 Å². The van der Waals surface area contributed by atoms with Crippen LogP contribution in [-0.2, 0) is 18.4 Å². The Bertz CT molecular complexity index is 1430. The van der Waals surface area contributed by atoms with Gasteiger partial charge < -0.3 is 5.73 Å². The molecule has 1 aliphatic rings. The molecule has 0 spiro atoms. The summed E-state index contributed by atoms with van der Waals surface area (Å²) >= 11 is 5.85. The molecule has 8 nitrogen and oxygen atoms in total. The summed E-state index contributed by atoms with van der Waals surface area (Å²) in [5.74, 6) is -1.08. The van der Waals surface area contributed by atoms with Gasteiger partial charge in [-0.25, -0.2) is 14.4 Å². The van der Waals surface area contributed by atoms with Crippen LogP contribution in [0.1, 0.15) is 28.8 Å². The Hall–Kier alpha value is -3.72. The zero-order valence-corrected chi connectivity index (χ0v) is 18.4. The molecule has 168 valence electrons. The summed E-state index contributed by atoms with van der Waals surface area (Å²) in [7, 11) is 1.78. The van der Waals surface area contributed by atoms with E-state index in [4.69, 9.17) is 17.3 Å². The highest BCUT2D eigenvalue weighted by Gasteiger charge is 2.32. The van der Waals surface area contributed by atoms with Crippen molar-refractivity contribution in [3.63, 3.8) is 0 Å². The summed E-state index contributed by atoms with van der Waals surface area (Å²) in [6.07, 6.45) is 3.16. The average Bonchev–Trinajstić information content (AvgIpc) is 3.56. The minimum absolute atomic E-state index is 0.131. The van der Waals surface area contributed by atoms with Crippen LogP contribution in [-0.4, -0.2) is 31.6 Å². The second-order valence-corrected chi connectivity index (χ2v) is 8.57. The highest BCUT2D eigenvalue weighted by atomic mass is 35.5. The molecule has 0 radical (unpaired) electrons. The van der Waals surface area contributed by atoms with E-state index in [-0.39, 0.29) is 29.0 Å². The first-order chi connectivity index (χ1) is 15.8. The Morgan fingerprint density at radius 3 is 2.76 bits per heavy atom. The maximum atomic E-state index is 14.4. The van der Waals surface area contributed by atoms with Crippen LogP contribution in [0.15, 0.2) is 42.6 Å². The lowest BCUT2D eigenvalue weighted by Gasteiger charge is -2.24. The van der Waals surface area contributed by atoms with E-state index in [9.17, 15) is 14.0 Å². The molecule has 1 saturated carbocycles. The molecule has 2 heterocycles. The number of anilines is 1. The number of nitrogens with one attached hydrogen (secondary N) is 1. The molecule has 2 amide bonds. The Kier molecular flexibility index (Phi) is 5.13. The SMILES string of the molecule is Cn1ncc2c(N)nc3ccc(C(=O)N(Cc4ccc(Cl)cc4F)NC(=O)C4CC4)cc3c21. The molecule has 1 aliphatic carbocycles. The van der Waals surface area contributed by atoms with Crippen molar-refractivity contribution in [1.29, 1.82) is 0 Å². The number of amides is 2. The number of nitrogen functional groups attached to an aromatic ring is 1. The maximum absolute atomic E-state index is 14.4. The van der Waals surface area contributed by atoms with Crippen molar-refractivity contribution in [2.75, 3.05) is 5.73 Å². The summed E-state index contributed by atoms with van der Waals surface area (Å²) in [5, 5.41) is 7.00. The van der Waals surface area contributed by atoms with E-state index in [1.165, 1.54) is 18.2 Å². The van der Waals surface area contributed by atoms with Gasteiger partial charge in [0.25, 0.3) is 5.91 Å². The van der Waals surface area contributed by atoms with Crippen molar-refractivity contribution in [2.45, 2.75) is 19.4 Å². The van der Waals surface area contributed by atoms with Gasteiger partial charge in [-0.3, -0.25) is 19.7 Å². The minimum Gasteiger partial charge on any atom is -0.383 e. The first kappa shape index (κ1) is 21.1. The topological polar surface area (TPSA) is 106 Å². The van der Waals surface area contributed by atoms with Crippen molar-refractivity contribution in [1.82, 2.24) is 25.2 Å². The Balaban J connectivity index is 1.55. The average molecular weight is 467 g/mol. The lowest BCUT2D eigenvalue weighted by atomic mass is 10.1. The van der Waals surface area contributed by atoms with E-state index >= 15 is 0 Å². The predicted molar refractivity (Wildman–Crippen MR) is 123 cm³/mol. The lowest BCUT2D eigenvalue weighted by Crippen LogP contribution is -2.46. The van der Waals surface area contributed by atoms with Crippen LogP contribution in [0.4, 0.5) is 10.2 Å². The lowest BCUT2D eigenvalue weighted by molar-refractivity contribution is -0.126. The van der Waals surface area contributed by atoms with E-state index in [1.54, 1.807) is 36.1 Å². The largest absolute Gasteiger partial charge is 0.383 e. The molecule has 4 aromatic rings. The van der Waals surface area contributed by atoms with Crippen molar-refractivity contribution in [3.8, 4) is 0 Å². The zero-order valence-electron chi connectivity index (χ0n) is 17.7. The third-order valence-electron chi connectivity index (χ3n) is 5.74. The third kappa shape index (κ3) is 3.95. The Morgan fingerprint density at radius 2 is 2.03 bits per heavy atom. The molecule has 2 aromatic carbocycles. The second kappa shape index (κ2) is 8.00. The number of hydrogen-bond donors (Lipinski definition) is 2. The fourth-order valence-corrected chi connectivity index (χ4v) is 3.96. The van der Waals surface area contributed by atoms with E-state index in [0.717, 1.165) is 23.4 Å². The van der Waals surface area contributed by atoms with Gasteiger partial charge in [0, 0.05) is 34.5 Å². The van der Waals surface area contributed by atoms with Crippen LogP contribution < -0.4 is 11.2 Å². The van der Waals surface area contributed by atoms with E-state index in [0.29, 0.717) is 27.7 Å². The number of nitrogens with two attached hydrogens (primary N) is 1. The van der Waals surface area contributed by atoms with E-state index in [1.807, 2.05) is 0 Å². The summed E-state index contributed by atoms with van der Waals surface area (Å²) in [4.78, 5) is 30.3. The highest BCUT2D eigenvalue weighted by Crippen LogP contribution is 2.30. The van der Waals surface area contributed by atoms with Crippen LogP contribution in [0.5, 0.6) is 0 Å². The summed E-state index contributed by atoms with van der Waals surface area (Å²) in [6, 6.07) is 9.18. The number of hydrogen-bond acceptors (Lipinski definition) is 5. The molecule has 0 bridgehead atoms. The van der Waals surface area contributed by atoms with Gasteiger partial charge >= 0.3 is 0 Å². The third-order valence-corrected chi connectivity index (χ3v) is 5.97. The maximum Gasteiger partial charge on any atom is 0.272 e. The smallest absolute Gasteiger partial charge is 0.272 e. The molecule has 2 aromatic heterocycles. The van der Waals surface area contributed by atoms with Crippen molar-refractivity contribution in [2.24, 2.45) is 13.0 Å². The highest BCUT2D eigenvalue weighted by molar-refractivity contribution is 6.30. The predicted octanol–water partition coefficient (Wildman–Crippen LogP) is 3.58. The van der Waals surface area contributed by atoms with Gasteiger partial charge in [-0.1, -0.05) is 17.7 Å². The van der Waals surface area contributed by atoms with Gasteiger partial charge in [0.2, 0.25) is 5.91 Å². The van der Waals surface area contributed by atoms with Crippen LogP contribution in [0.2, 0.25) is 5.02 Å². The molecule has 0 atom stereocenters. The molecule has 33 heavy (non-hydrogen) atoms. The second-order valence-electron chi connectivity index (χ2n) is 8.14. The summed E-state index contributed by atoms with van der Waals surface area (Å²) < 4.78 is 16.1. The number of hydrazine groups is 1.